The zero-order valence-electron chi connectivity index (χ0n) is 20.9. The standard InChI is InChI=1S/C21H33N2O11P/c1-20(2,3)16(25)31-13-33-35(29,19(28)34-17(26)21(4,5)6)32-12-14(30-7)8-10-23-11-9-15(24)22-18(23)27/h9,11,14H,8,10,12-13H2,1-7H3,(H,22,24,27). The lowest BCUT2D eigenvalue weighted by molar-refractivity contribution is -0.160. The molecule has 198 valence electrons. The fourth-order valence-corrected chi connectivity index (χ4v) is 3.18. The summed E-state index contributed by atoms with van der Waals surface area (Å²) in [6, 6.07) is 1.17. The average molecular weight is 520 g/mol. The molecule has 35 heavy (non-hydrogen) atoms. The van der Waals surface area contributed by atoms with E-state index in [0.29, 0.717) is 0 Å². The second-order valence-electron chi connectivity index (χ2n) is 9.58. The maximum Gasteiger partial charge on any atom is 0.441 e. The number of nitrogens with one attached hydrogen (secondary N) is 1. The lowest BCUT2D eigenvalue weighted by atomic mass is 9.98. The Morgan fingerprint density at radius 1 is 1.03 bits per heavy atom. The highest BCUT2D eigenvalue weighted by molar-refractivity contribution is 7.71. The van der Waals surface area contributed by atoms with E-state index < -0.39 is 66.8 Å². The van der Waals surface area contributed by atoms with Crippen LogP contribution in [0.15, 0.2) is 21.9 Å². The molecule has 13 nitrogen and oxygen atoms in total. The third kappa shape index (κ3) is 9.88. The molecule has 1 N–H and O–H groups in total. The number of H-pyrrole nitrogens is 1. The zero-order chi connectivity index (χ0) is 27.0. The van der Waals surface area contributed by atoms with Crippen LogP contribution in [0.25, 0.3) is 0 Å². The number of rotatable bonds is 11. The molecule has 0 saturated carbocycles. The Balaban J connectivity index is 2.93. The topological polar surface area (TPSA) is 169 Å². The van der Waals surface area contributed by atoms with Crippen molar-refractivity contribution in [2.75, 3.05) is 20.5 Å². The van der Waals surface area contributed by atoms with Crippen molar-refractivity contribution in [1.29, 1.82) is 0 Å². The quantitative estimate of drug-likeness (QED) is 0.197. The lowest BCUT2D eigenvalue weighted by Crippen LogP contribution is -2.31. The maximum absolute atomic E-state index is 13.2. The van der Waals surface area contributed by atoms with E-state index in [-0.39, 0.29) is 13.0 Å². The van der Waals surface area contributed by atoms with Crippen molar-refractivity contribution in [1.82, 2.24) is 9.55 Å². The number of hydrogen-bond donors (Lipinski definition) is 1. The average Bonchev–Trinajstić information content (AvgIpc) is 2.73. The van der Waals surface area contributed by atoms with Crippen LogP contribution in [0.1, 0.15) is 48.0 Å². The molecule has 2 unspecified atom stereocenters. The summed E-state index contributed by atoms with van der Waals surface area (Å²) in [5.41, 5.74) is -4.73. The molecule has 1 rings (SSSR count). The summed E-state index contributed by atoms with van der Waals surface area (Å²) in [4.78, 5) is 61.7. The summed E-state index contributed by atoms with van der Waals surface area (Å²) >= 11 is 0. The Labute approximate surface area is 202 Å². The van der Waals surface area contributed by atoms with Crippen LogP contribution in [0.3, 0.4) is 0 Å². The Kier molecular flexibility index (Phi) is 10.8. The first kappa shape index (κ1) is 30.4. The van der Waals surface area contributed by atoms with Crippen LogP contribution < -0.4 is 11.2 Å². The van der Waals surface area contributed by atoms with Gasteiger partial charge in [-0.3, -0.25) is 28.4 Å². The van der Waals surface area contributed by atoms with Gasteiger partial charge in [-0.05, 0) is 48.0 Å². The fourth-order valence-electron chi connectivity index (χ4n) is 2.15. The summed E-state index contributed by atoms with van der Waals surface area (Å²) in [5.74, 6) is -1.66. The van der Waals surface area contributed by atoms with Crippen LogP contribution >= 0.6 is 7.60 Å². The van der Waals surface area contributed by atoms with E-state index in [1.165, 1.54) is 44.7 Å². The van der Waals surface area contributed by atoms with Crippen LogP contribution in [0.4, 0.5) is 4.79 Å². The highest BCUT2D eigenvalue weighted by atomic mass is 31.2. The first-order valence-electron chi connectivity index (χ1n) is 10.7. The third-order valence-corrected chi connectivity index (χ3v) is 5.87. The molecule has 0 aromatic carbocycles. The molecule has 2 atom stereocenters. The number of hydrogen-bond acceptors (Lipinski definition) is 11. The van der Waals surface area contributed by atoms with Crippen molar-refractivity contribution >= 4 is 25.2 Å². The van der Waals surface area contributed by atoms with Gasteiger partial charge in [0.15, 0.2) is 0 Å². The van der Waals surface area contributed by atoms with Gasteiger partial charge in [-0.25, -0.2) is 14.2 Å². The molecule has 0 aliphatic heterocycles. The van der Waals surface area contributed by atoms with E-state index in [0.717, 1.165) is 0 Å². The molecule has 0 radical (unpaired) electrons. The molecule has 0 aliphatic carbocycles. The monoisotopic (exact) mass is 520 g/mol. The smallest absolute Gasteiger partial charge is 0.438 e. The van der Waals surface area contributed by atoms with Gasteiger partial charge in [0.1, 0.15) is 0 Å². The molecule has 1 heterocycles. The summed E-state index contributed by atoms with van der Waals surface area (Å²) in [7, 11) is -3.45. The van der Waals surface area contributed by atoms with E-state index in [4.69, 9.17) is 18.5 Å². The number of nitrogens with zero attached hydrogens (tertiary/aromatic N) is 1. The van der Waals surface area contributed by atoms with Gasteiger partial charge in [0.2, 0.25) is 6.79 Å². The van der Waals surface area contributed by atoms with Crippen molar-refractivity contribution in [2.45, 2.75) is 60.6 Å². The number of esters is 2. The number of carbonyl (C=O) groups is 3. The number of ether oxygens (including phenoxy) is 3. The Morgan fingerprint density at radius 3 is 2.14 bits per heavy atom. The predicted octanol–water partition coefficient (Wildman–Crippen LogP) is 2.42. The van der Waals surface area contributed by atoms with Crippen molar-refractivity contribution in [3.63, 3.8) is 0 Å². The molecule has 0 amide bonds. The molecule has 1 aromatic heterocycles. The molecule has 14 heteroatoms. The van der Waals surface area contributed by atoms with Crippen molar-refractivity contribution in [3.05, 3.63) is 33.1 Å². The number of carbonyl (C=O) groups excluding carboxylic acids is 3. The van der Waals surface area contributed by atoms with Crippen molar-refractivity contribution in [3.8, 4) is 0 Å². The van der Waals surface area contributed by atoms with Gasteiger partial charge in [0.25, 0.3) is 5.56 Å². The highest BCUT2D eigenvalue weighted by Gasteiger charge is 2.42. The zero-order valence-corrected chi connectivity index (χ0v) is 21.8. The van der Waals surface area contributed by atoms with Crippen LogP contribution in [-0.4, -0.2) is 53.8 Å². The first-order chi connectivity index (χ1) is 16.0. The Morgan fingerprint density at radius 2 is 1.63 bits per heavy atom. The molecule has 0 saturated heterocycles. The third-order valence-electron chi connectivity index (χ3n) is 4.39. The van der Waals surface area contributed by atoms with Crippen LogP contribution in [0, 0.1) is 10.8 Å². The van der Waals surface area contributed by atoms with E-state index in [1.807, 2.05) is 0 Å². The second kappa shape index (κ2) is 12.4. The van der Waals surface area contributed by atoms with Gasteiger partial charge in [-0.15, -0.1) is 0 Å². The van der Waals surface area contributed by atoms with Gasteiger partial charge < -0.3 is 18.8 Å². The summed E-state index contributed by atoms with van der Waals surface area (Å²) < 4.78 is 39.4. The lowest BCUT2D eigenvalue weighted by Gasteiger charge is -2.22. The minimum atomic E-state index is -4.78. The van der Waals surface area contributed by atoms with E-state index in [9.17, 15) is 28.5 Å². The molecule has 0 aliphatic rings. The van der Waals surface area contributed by atoms with Gasteiger partial charge >= 0.3 is 30.9 Å². The van der Waals surface area contributed by atoms with Gasteiger partial charge in [0.05, 0.1) is 23.5 Å². The fraction of sp³-hybridized carbons (Fsp3) is 0.667. The number of aromatic nitrogens is 2. The summed E-state index contributed by atoms with van der Waals surface area (Å²) in [5, 5.41) is 0. The van der Waals surface area contributed by atoms with E-state index >= 15 is 0 Å². The van der Waals surface area contributed by atoms with Crippen molar-refractivity contribution in [2.24, 2.45) is 10.8 Å². The van der Waals surface area contributed by atoms with Crippen molar-refractivity contribution < 1.29 is 42.2 Å². The van der Waals surface area contributed by atoms with Crippen LogP contribution in [0.2, 0.25) is 0 Å². The summed E-state index contributed by atoms with van der Waals surface area (Å²) in [6.07, 6.45) is 0.660. The molecule has 0 fully saturated rings. The van der Waals surface area contributed by atoms with Gasteiger partial charge in [-0.2, -0.15) is 0 Å². The minimum absolute atomic E-state index is 0.0960. The molecule has 0 spiro atoms. The van der Waals surface area contributed by atoms with Gasteiger partial charge in [-0.1, -0.05) is 0 Å². The highest BCUT2D eigenvalue weighted by Crippen LogP contribution is 2.50. The Bertz CT molecular complexity index is 1060. The first-order valence-corrected chi connectivity index (χ1v) is 12.2. The number of aryl methyl sites for hydroxylation is 1. The summed E-state index contributed by atoms with van der Waals surface area (Å²) in [6.45, 7) is 7.95. The van der Waals surface area contributed by atoms with E-state index in [1.54, 1.807) is 20.8 Å². The maximum atomic E-state index is 13.2. The Hall–Kier alpha value is -2.60. The number of methoxy groups -OCH3 is 1. The van der Waals surface area contributed by atoms with Crippen LogP contribution in [-0.2, 0) is 44.0 Å². The molecule has 0 bridgehead atoms. The molecule has 1 aromatic rings. The SMILES string of the molecule is COC(CCn1ccc(=O)[nH]c1=O)COP(=O)(OCOC(=O)C(C)(C)C)C(=O)OC(=O)C(C)(C)C. The molecular weight excluding hydrogens is 487 g/mol. The van der Waals surface area contributed by atoms with E-state index in [2.05, 4.69) is 9.72 Å². The largest absolute Gasteiger partial charge is 0.441 e. The van der Waals surface area contributed by atoms with Gasteiger partial charge in [0, 0.05) is 25.9 Å². The predicted molar refractivity (Wildman–Crippen MR) is 123 cm³/mol. The number of aromatic amines is 1. The minimum Gasteiger partial charge on any atom is -0.438 e. The second-order valence-corrected chi connectivity index (χ2v) is 11.5. The normalized spacial score (nSPS) is 14.6. The van der Waals surface area contributed by atoms with Crippen LogP contribution in [0.5, 0.6) is 0 Å². The molecular formula is C21H33N2O11P.